The quantitative estimate of drug-likeness (QED) is 0.491. The fourth-order valence-corrected chi connectivity index (χ4v) is 8.33. The van der Waals surface area contributed by atoms with Crippen LogP contribution in [-0.2, 0) is 0 Å². The number of aliphatic hydroxyl groups excluding tert-OH is 2. The summed E-state index contributed by atoms with van der Waals surface area (Å²) in [5.74, 6) is -1.44. The molecular formula is C24H39F3N2O3S. The van der Waals surface area contributed by atoms with Gasteiger partial charge in [0, 0.05) is 29.5 Å². The fraction of sp³-hybridized carbons (Fsp3) is 0.958. The number of aliphatic hydroxyl groups is 3. The molecule has 4 rings (SSSR count). The van der Waals surface area contributed by atoms with E-state index in [1.807, 2.05) is 11.8 Å². The lowest BCUT2D eigenvalue weighted by Crippen LogP contribution is -2.59. The molecule has 2 saturated carbocycles. The molecular weight excluding hydrogens is 453 g/mol. The normalized spacial score (nSPS) is 41.0. The molecule has 0 bridgehead atoms. The average molecular weight is 493 g/mol. The van der Waals surface area contributed by atoms with Crippen LogP contribution >= 0.6 is 11.8 Å². The molecule has 0 radical (unpaired) electrons. The Morgan fingerprint density at radius 1 is 1.06 bits per heavy atom. The maximum Gasteiger partial charge on any atom is 0.392 e. The van der Waals surface area contributed by atoms with Crippen molar-refractivity contribution in [1.29, 1.82) is 0 Å². The molecule has 0 aromatic carbocycles. The maximum absolute atomic E-state index is 13.8. The van der Waals surface area contributed by atoms with Gasteiger partial charge in [0.2, 0.25) is 0 Å². The maximum atomic E-state index is 13.8. The summed E-state index contributed by atoms with van der Waals surface area (Å²) in [5.41, 5.74) is 1.09. The van der Waals surface area contributed by atoms with Gasteiger partial charge in [0.1, 0.15) is 11.6 Å². The van der Waals surface area contributed by atoms with Gasteiger partial charge in [0.05, 0.1) is 5.92 Å². The van der Waals surface area contributed by atoms with Crippen molar-refractivity contribution in [2.75, 3.05) is 6.54 Å². The predicted molar refractivity (Wildman–Crippen MR) is 124 cm³/mol. The summed E-state index contributed by atoms with van der Waals surface area (Å²) in [6.45, 7) is 2.31. The van der Waals surface area contributed by atoms with E-state index in [1.54, 1.807) is 11.8 Å². The van der Waals surface area contributed by atoms with Crippen molar-refractivity contribution in [3.63, 3.8) is 0 Å². The van der Waals surface area contributed by atoms with Crippen LogP contribution in [0.3, 0.4) is 0 Å². The molecule has 190 valence electrons. The molecule has 5 nitrogen and oxygen atoms in total. The van der Waals surface area contributed by atoms with Crippen molar-refractivity contribution in [1.82, 2.24) is 4.90 Å². The van der Waals surface area contributed by atoms with Gasteiger partial charge < -0.3 is 15.3 Å². The minimum Gasteiger partial charge on any atom is -0.377 e. The zero-order valence-electron chi connectivity index (χ0n) is 19.5. The molecule has 2 aliphatic carbocycles. The van der Waals surface area contributed by atoms with Crippen LogP contribution in [0.2, 0.25) is 0 Å². The summed E-state index contributed by atoms with van der Waals surface area (Å²) in [5, 5.41) is 30.2. The van der Waals surface area contributed by atoms with Crippen LogP contribution in [0.1, 0.15) is 77.6 Å². The Labute approximate surface area is 199 Å². The van der Waals surface area contributed by atoms with Gasteiger partial charge in [-0.1, -0.05) is 12.8 Å². The molecule has 2 aliphatic heterocycles. The first-order chi connectivity index (χ1) is 15.6. The second-order valence-electron chi connectivity index (χ2n) is 10.8. The zero-order chi connectivity index (χ0) is 23.8. The number of hydrogen-bond acceptors (Lipinski definition) is 6. The highest BCUT2D eigenvalue weighted by atomic mass is 32.2. The minimum atomic E-state index is -4.18. The summed E-state index contributed by atoms with van der Waals surface area (Å²) in [4.78, 5) is 6.85. The minimum absolute atomic E-state index is 0.0129. The first-order valence-corrected chi connectivity index (χ1v) is 13.6. The van der Waals surface area contributed by atoms with Crippen molar-refractivity contribution in [3.05, 3.63) is 0 Å². The summed E-state index contributed by atoms with van der Waals surface area (Å²) in [6, 6.07) is -0.0129. The van der Waals surface area contributed by atoms with Crippen LogP contribution < -0.4 is 0 Å². The second-order valence-corrected chi connectivity index (χ2v) is 12.1. The van der Waals surface area contributed by atoms with Gasteiger partial charge >= 0.3 is 6.18 Å². The van der Waals surface area contributed by atoms with E-state index in [9.17, 15) is 28.5 Å². The lowest BCUT2D eigenvalue weighted by atomic mass is 9.77. The zero-order valence-corrected chi connectivity index (χ0v) is 20.3. The van der Waals surface area contributed by atoms with Crippen LogP contribution in [0.25, 0.3) is 0 Å². The number of nitrogens with zero attached hydrogens (tertiary/aromatic N) is 2. The molecule has 0 amide bonds. The molecule has 3 N–H and O–H groups in total. The molecule has 2 heterocycles. The van der Waals surface area contributed by atoms with Crippen molar-refractivity contribution < 1.29 is 28.5 Å². The van der Waals surface area contributed by atoms with E-state index in [1.165, 1.54) is 0 Å². The Balaban J connectivity index is 1.48. The Morgan fingerprint density at radius 3 is 2.42 bits per heavy atom. The first-order valence-electron chi connectivity index (χ1n) is 12.7. The third kappa shape index (κ3) is 6.08. The van der Waals surface area contributed by atoms with Crippen LogP contribution in [0.15, 0.2) is 4.99 Å². The highest BCUT2D eigenvalue weighted by Crippen LogP contribution is 2.46. The third-order valence-corrected chi connectivity index (χ3v) is 10.0. The first kappa shape index (κ1) is 25.7. The molecule has 6 atom stereocenters. The number of hydrogen-bond donors (Lipinski definition) is 3. The standard InChI is InChI=1S/C24H39F3N2O3S/c1-14-6-11-19-21(28-14)33-20(12-15-7-9-16(10-8-15)23(31)32)22(30)29(19)13-17-4-2-3-5-18(17)24(25,26)27/h15-23,30-32H,2-13H2,1H3. The highest BCUT2D eigenvalue weighted by molar-refractivity contribution is 8.00. The SMILES string of the molecule is CC1=NC2SC(CC3CCC(C(O)O)CC3)C(O)N(CC3CCCCC3C(F)(F)F)C2CC1. The Hall–Kier alpha value is -0.350. The number of aliphatic imine (C=N–C) groups is 1. The Bertz CT molecular complexity index is 684. The van der Waals surface area contributed by atoms with Crippen molar-refractivity contribution in [3.8, 4) is 0 Å². The van der Waals surface area contributed by atoms with Gasteiger partial charge in [-0.25, -0.2) is 0 Å². The predicted octanol–water partition coefficient (Wildman–Crippen LogP) is 4.55. The number of fused-ring (bicyclic) bond motifs is 1. The molecule has 6 unspecified atom stereocenters. The second kappa shape index (κ2) is 10.7. The number of thioether (sulfide) groups is 1. The van der Waals surface area contributed by atoms with Gasteiger partial charge in [-0.3, -0.25) is 9.89 Å². The van der Waals surface area contributed by atoms with E-state index in [-0.39, 0.29) is 29.0 Å². The number of alkyl halides is 3. The number of rotatable bonds is 5. The molecule has 0 aromatic rings. The van der Waals surface area contributed by atoms with E-state index < -0.39 is 30.5 Å². The van der Waals surface area contributed by atoms with Crippen molar-refractivity contribution in [2.24, 2.45) is 28.7 Å². The number of halogens is 3. The van der Waals surface area contributed by atoms with Gasteiger partial charge in [0.15, 0.2) is 6.29 Å². The fourth-order valence-electron chi connectivity index (χ4n) is 6.58. The van der Waals surface area contributed by atoms with Gasteiger partial charge in [-0.15, -0.1) is 11.8 Å². The highest BCUT2D eigenvalue weighted by Gasteiger charge is 2.50. The van der Waals surface area contributed by atoms with E-state index in [2.05, 4.69) is 0 Å². The van der Waals surface area contributed by atoms with Gasteiger partial charge in [-0.05, 0) is 76.5 Å². The Kier molecular flexibility index (Phi) is 8.36. The molecule has 0 spiro atoms. The smallest absolute Gasteiger partial charge is 0.377 e. The van der Waals surface area contributed by atoms with E-state index >= 15 is 0 Å². The summed E-state index contributed by atoms with van der Waals surface area (Å²) < 4.78 is 41.3. The lowest BCUT2D eigenvalue weighted by molar-refractivity contribution is -0.201. The van der Waals surface area contributed by atoms with Crippen LogP contribution in [0.5, 0.6) is 0 Å². The molecule has 4 aliphatic rings. The topological polar surface area (TPSA) is 76.3 Å². The molecule has 1 saturated heterocycles. The van der Waals surface area contributed by atoms with Crippen LogP contribution in [0, 0.1) is 23.7 Å². The molecule has 9 heteroatoms. The van der Waals surface area contributed by atoms with Crippen molar-refractivity contribution >= 4 is 17.5 Å². The molecule has 33 heavy (non-hydrogen) atoms. The molecule has 3 fully saturated rings. The van der Waals surface area contributed by atoms with E-state index in [4.69, 9.17) is 4.99 Å². The average Bonchev–Trinajstić information content (AvgIpc) is 2.76. The summed E-state index contributed by atoms with van der Waals surface area (Å²) in [6.07, 6.45) is 1.76. The summed E-state index contributed by atoms with van der Waals surface area (Å²) in [7, 11) is 0. The Morgan fingerprint density at radius 2 is 1.76 bits per heavy atom. The molecule has 0 aromatic heterocycles. The van der Waals surface area contributed by atoms with Gasteiger partial charge in [-0.2, -0.15) is 13.2 Å². The van der Waals surface area contributed by atoms with Crippen molar-refractivity contribution in [2.45, 2.75) is 113 Å². The monoisotopic (exact) mass is 492 g/mol. The van der Waals surface area contributed by atoms with Gasteiger partial charge in [0.25, 0.3) is 0 Å². The van der Waals surface area contributed by atoms with Crippen LogP contribution in [0.4, 0.5) is 13.2 Å². The largest absolute Gasteiger partial charge is 0.392 e. The third-order valence-electron chi connectivity index (χ3n) is 8.54. The van der Waals surface area contributed by atoms with E-state index in [0.29, 0.717) is 25.3 Å². The summed E-state index contributed by atoms with van der Waals surface area (Å²) >= 11 is 1.70. The lowest BCUT2D eigenvalue weighted by Gasteiger charge is -2.50. The van der Waals surface area contributed by atoms with E-state index in [0.717, 1.165) is 57.1 Å². The van der Waals surface area contributed by atoms with Crippen LogP contribution in [-0.4, -0.2) is 67.8 Å².